The summed E-state index contributed by atoms with van der Waals surface area (Å²) in [6.07, 6.45) is 7.49. The van der Waals surface area contributed by atoms with Crippen molar-refractivity contribution in [2.45, 2.75) is 18.4 Å². The fourth-order valence-electron chi connectivity index (χ4n) is 1.11. The quantitative estimate of drug-likeness (QED) is 0.620. The highest BCUT2D eigenvalue weighted by Crippen LogP contribution is 2.21. The third-order valence-corrected chi connectivity index (χ3v) is 1.80. The lowest BCUT2D eigenvalue weighted by atomic mass is 9.92. The van der Waals surface area contributed by atoms with Crippen LogP contribution in [0.4, 0.5) is 0 Å². The number of carbonyl (C=O) groups is 1. The van der Waals surface area contributed by atoms with Crippen molar-refractivity contribution in [2.24, 2.45) is 0 Å². The minimum absolute atomic E-state index is 0.0182. The maximum Gasteiger partial charge on any atom is 0.308 e. The molecule has 0 radical (unpaired) electrons. The zero-order valence-electron chi connectivity index (χ0n) is 6.99. The van der Waals surface area contributed by atoms with Gasteiger partial charge in [0.1, 0.15) is 0 Å². The molecule has 0 aromatic heterocycles. The summed E-state index contributed by atoms with van der Waals surface area (Å²) in [6.45, 7) is 0. The number of hydrogen-bond acceptors (Lipinski definition) is 3. The van der Waals surface area contributed by atoms with E-state index in [9.17, 15) is 9.90 Å². The Balaban J connectivity index is 2.55. The number of carbonyl (C=O) groups excluding carboxylic acids is 1. The number of esters is 1. The minimum Gasteiger partial charge on any atom is -0.469 e. The summed E-state index contributed by atoms with van der Waals surface area (Å²) < 4.78 is 4.46. The van der Waals surface area contributed by atoms with Gasteiger partial charge in [-0.25, -0.2) is 0 Å². The lowest BCUT2D eigenvalue weighted by Gasteiger charge is -2.23. The van der Waals surface area contributed by atoms with E-state index in [1.807, 2.05) is 12.2 Å². The van der Waals surface area contributed by atoms with Crippen LogP contribution in [0.25, 0.3) is 0 Å². The minimum atomic E-state index is -1.04. The Kier molecular flexibility index (Phi) is 2.65. The molecule has 12 heavy (non-hydrogen) atoms. The molecule has 0 aromatic carbocycles. The molecule has 0 saturated carbocycles. The van der Waals surface area contributed by atoms with Crippen molar-refractivity contribution >= 4 is 5.97 Å². The first kappa shape index (κ1) is 9.00. The van der Waals surface area contributed by atoms with Crippen molar-refractivity contribution in [3.8, 4) is 0 Å². The molecule has 0 aliphatic heterocycles. The second-order valence-corrected chi connectivity index (χ2v) is 2.85. The van der Waals surface area contributed by atoms with Crippen molar-refractivity contribution in [3.05, 3.63) is 24.3 Å². The average molecular weight is 168 g/mol. The predicted molar refractivity (Wildman–Crippen MR) is 44.5 cm³/mol. The Morgan fingerprint density at radius 2 is 2.42 bits per heavy atom. The number of allylic oxidation sites excluding steroid dienone is 2. The Labute approximate surface area is 71.3 Å². The Hall–Kier alpha value is -1.09. The molecule has 1 aliphatic rings. The SMILES string of the molecule is COC(=O)C[C@@]1(O)C=CC=CC1. The second kappa shape index (κ2) is 3.54. The molecule has 0 spiro atoms. The van der Waals surface area contributed by atoms with Crippen LogP contribution in [0.5, 0.6) is 0 Å². The lowest BCUT2D eigenvalue weighted by molar-refractivity contribution is -0.144. The van der Waals surface area contributed by atoms with E-state index in [2.05, 4.69) is 4.74 Å². The van der Waals surface area contributed by atoms with Crippen LogP contribution in [-0.4, -0.2) is 23.8 Å². The van der Waals surface area contributed by atoms with Crippen molar-refractivity contribution in [2.75, 3.05) is 7.11 Å². The van der Waals surface area contributed by atoms with Crippen molar-refractivity contribution in [1.29, 1.82) is 0 Å². The first-order valence-electron chi connectivity index (χ1n) is 3.80. The number of rotatable bonds is 2. The van der Waals surface area contributed by atoms with Gasteiger partial charge in [0, 0.05) is 0 Å². The predicted octanol–water partition coefficient (Wildman–Crippen LogP) is 0.797. The van der Waals surface area contributed by atoms with E-state index in [-0.39, 0.29) is 6.42 Å². The lowest BCUT2D eigenvalue weighted by Crippen LogP contribution is -2.30. The highest BCUT2D eigenvalue weighted by atomic mass is 16.5. The van der Waals surface area contributed by atoms with Crippen LogP contribution in [0.3, 0.4) is 0 Å². The Morgan fingerprint density at radius 3 is 2.92 bits per heavy atom. The first-order valence-corrected chi connectivity index (χ1v) is 3.80. The maximum atomic E-state index is 10.8. The molecule has 0 saturated heterocycles. The molecular formula is C9H12O3. The summed E-state index contributed by atoms with van der Waals surface area (Å²) in [6, 6.07) is 0. The van der Waals surface area contributed by atoms with Crippen LogP contribution < -0.4 is 0 Å². The zero-order chi connectivity index (χ0) is 9.03. The van der Waals surface area contributed by atoms with E-state index < -0.39 is 11.6 Å². The summed E-state index contributed by atoms with van der Waals surface area (Å²) in [5.74, 6) is -0.391. The Bertz CT molecular complexity index is 230. The number of aliphatic hydroxyl groups is 1. The second-order valence-electron chi connectivity index (χ2n) is 2.85. The van der Waals surface area contributed by atoms with Gasteiger partial charge in [-0.05, 0) is 6.42 Å². The molecule has 1 rings (SSSR count). The van der Waals surface area contributed by atoms with Crippen molar-refractivity contribution < 1.29 is 14.6 Å². The maximum absolute atomic E-state index is 10.8. The Morgan fingerprint density at radius 1 is 1.67 bits per heavy atom. The largest absolute Gasteiger partial charge is 0.469 e. The molecule has 0 aromatic rings. The van der Waals surface area contributed by atoms with Gasteiger partial charge in [-0.1, -0.05) is 24.3 Å². The van der Waals surface area contributed by atoms with Crippen LogP contribution in [0.15, 0.2) is 24.3 Å². The molecule has 0 amide bonds. The number of ether oxygens (including phenoxy) is 1. The zero-order valence-corrected chi connectivity index (χ0v) is 6.99. The molecule has 0 fully saturated rings. The number of hydrogen-bond donors (Lipinski definition) is 1. The highest BCUT2D eigenvalue weighted by molar-refractivity contribution is 5.71. The topological polar surface area (TPSA) is 46.5 Å². The number of methoxy groups -OCH3 is 1. The monoisotopic (exact) mass is 168 g/mol. The molecule has 1 N–H and O–H groups in total. The standard InChI is InChI=1S/C9H12O3/c1-12-8(10)7-9(11)5-3-2-4-6-9/h2-5,11H,6-7H2,1H3/t9-/m1/s1. The highest BCUT2D eigenvalue weighted by Gasteiger charge is 2.27. The van der Waals surface area contributed by atoms with Gasteiger partial charge in [-0.3, -0.25) is 4.79 Å². The summed E-state index contributed by atoms with van der Waals surface area (Å²) >= 11 is 0. The smallest absolute Gasteiger partial charge is 0.308 e. The summed E-state index contributed by atoms with van der Waals surface area (Å²) in [5, 5.41) is 9.73. The normalized spacial score (nSPS) is 27.2. The molecule has 1 atom stereocenters. The molecule has 0 bridgehead atoms. The van der Waals surface area contributed by atoms with E-state index in [0.717, 1.165) is 0 Å². The van der Waals surface area contributed by atoms with Crippen LogP contribution in [0, 0.1) is 0 Å². The van der Waals surface area contributed by atoms with Gasteiger partial charge in [-0.15, -0.1) is 0 Å². The van der Waals surface area contributed by atoms with Crippen LogP contribution in [0.1, 0.15) is 12.8 Å². The molecule has 0 unspecified atom stereocenters. The third-order valence-electron chi connectivity index (χ3n) is 1.80. The van der Waals surface area contributed by atoms with E-state index in [1.165, 1.54) is 7.11 Å². The summed E-state index contributed by atoms with van der Waals surface area (Å²) in [5.41, 5.74) is -1.04. The van der Waals surface area contributed by atoms with E-state index in [0.29, 0.717) is 6.42 Å². The van der Waals surface area contributed by atoms with Gasteiger partial charge in [0.15, 0.2) is 0 Å². The van der Waals surface area contributed by atoms with Crippen LogP contribution >= 0.6 is 0 Å². The van der Waals surface area contributed by atoms with E-state index in [1.54, 1.807) is 12.2 Å². The van der Waals surface area contributed by atoms with Crippen molar-refractivity contribution in [3.63, 3.8) is 0 Å². The summed E-state index contributed by atoms with van der Waals surface area (Å²) in [4.78, 5) is 10.8. The van der Waals surface area contributed by atoms with Gasteiger partial charge in [0.2, 0.25) is 0 Å². The summed E-state index contributed by atoms with van der Waals surface area (Å²) in [7, 11) is 1.31. The fraction of sp³-hybridized carbons (Fsp3) is 0.444. The van der Waals surface area contributed by atoms with Crippen molar-refractivity contribution in [1.82, 2.24) is 0 Å². The van der Waals surface area contributed by atoms with Gasteiger partial charge in [0.05, 0.1) is 19.1 Å². The van der Waals surface area contributed by atoms with Crippen LogP contribution in [0.2, 0.25) is 0 Å². The first-order chi connectivity index (χ1) is 5.66. The fourth-order valence-corrected chi connectivity index (χ4v) is 1.11. The van der Waals surface area contributed by atoms with Gasteiger partial charge in [0.25, 0.3) is 0 Å². The molecular weight excluding hydrogens is 156 g/mol. The molecule has 3 nitrogen and oxygen atoms in total. The molecule has 1 aliphatic carbocycles. The van der Waals surface area contributed by atoms with Gasteiger partial charge in [-0.2, -0.15) is 0 Å². The van der Waals surface area contributed by atoms with Gasteiger partial charge >= 0.3 is 5.97 Å². The molecule has 3 heteroatoms. The average Bonchev–Trinajstić information content (AvgIpc) is 2.05. The van der Waals surface area contributed by atoms with E-state index >= 15 is 0 Å². The van der Waals surface area contributed by atoms with Crippen LogP contribution in [-0.2, 0) is 9.53 Å². The van der Waals surface area contributed by atoms with E-state index in [4.69, 9.17) is 0 Å². The third kappa shape index (κ3) is 2.20. The van der Waals surface area contributed by atoms with Gasteiger partial charge < -0.3 is 9.84 Å². The molecule has 66 valence electrons. The molecule has 0 heterocycles.